The van der Waals surface area contributed by atoms with Crippen molar-refractivity contribution in [2.24, 2.45) is 0 Å². The predicted octanol–water partition coefficient (Wildman–Crippen LogP) is 14.7. The fourth-order valence-corrected chi connectivity index (χ4v) is 12.8. The Morgan fingerprint density at radius 3 is 0.922 bits per heavy atom. The molecule has 0 saturated carbocycles. The second-order valence-electron chi connectivity index (χ2n) is 24.3. The zero-order chi connectivity index (χ0) is 65.0. The van der Waals surface area contributed by atoms with Gasteiger partial charge in [0, 0.05) is 17.9 Å². The largest absolute Gasteiger partial charge is 0.457 e. The number of nitrogens with zero attached hydrogens (tertiary/aromatic N) is 4. The van der Waals surface area contributed by atoms with Crippen molar-refractivity contribution in [3.05, 3.63) is 251 Å². The fourth-order valence-electron chi connectivity index (χ4n) is 12.8. The number of rotatable bonds is 11. The number of anilines is 3. The van der Waals surface area contributed by atoms with Gasteiger partial charge in [-0.25, -0.2) is 14.7 Å². The van der Waals surface area contributed by atoms with E-state index in [2.05, 4.69) is 6.07 Å². The predicted molar refractivity (Wildman–Crippen MR) is 322 cm³/mol. The molecule has 0 fully saturated rings. The third kappa shape index (κ3) is 8.82. The number of fused-ring (bicyclic) bond motifs is 4. The molecule has 4 heterocycles. The van der Waals surface area contributed by atoms with Gasteiger partial charge in [-0.1, -0.05) is 94.4 Å². The fraction of sp³-hybridized carbons (Fsp3) is 0.211. The van der Waals surface area contributed by atoms with E-state index in [0.29, 0.717) is 62.7 Å². The van der Waals surface area contributed by atoms with E-state index in [4.69, 9.17) is 4.74 Å². The average molecular weight is 1220 g/mol. The van der Waals surface area contributed by atoms with Crippen LogP contribution >= 0.6 is 0 Å². The van der Waals surface area contributed by atoms with E-state index >= 15 is 26.3 Å². The van der Waals surface area contributed by atoms with Gasteiger partial charge in [0.15, 0.2) is 0 Å². The number of hydrogen-bond acceptors (Lipinski definition) is 9. The Morgan fingerprint density at radius 2 is 0.578 bits per heavy atom. The molecule has 0 atom stereocenters. The molecule has 0 aliphatic carbocycles. The molecule has 0 saturated heterocycles. The van der Waals surface area contributed by atoms with Crippen LogP contribution in [0.25, 0.3) is 0 Å². The molecular formula is C71H54F6N4O9. The maximum Gasteiger partial charge on any atom is 0.411 e. The highest BCUT2D eigenvalue weighted by Crippen LogP contribution is 2.57. The number of benzene rings is 8. The molecule has 0 bridgehead atoms. The molecule has 8 aromatic rings. The first-order valence-corrected chi connectivity index (χ1v) is 28.5. The van der Waals surface area contributed by atoms with Crippen molar-refractivity contribution in [2.75, 3.05) is 21.7 Å². The topological polar surface area (TPSA) is 159 Å². The number of hydrogen-bond donors (Lipinski definition) is 0. The Balaban J connectivity index is 0.793. The number of ether oxygens (including phenoxy) is 1. The number of amides is 8. The molecule has 0 N–H and O–H groups in total. The Morgan fingerprint density at radius 1 is 0.300 bits per heavy atom. The molecule has 19 heteroatoms. The standard InChI is InChI=1S/C71H54F6N4O9/c1-35-11-12-40(27-36(35)2)67(6,7)41-15-24-56(37(3)28-41)79-61(84)49-20-13-44(31-52(49)64(79)87)69(70(72,73)74,71(75,76)77)45-14-21-50-53(32-45)65(88)80(62(50)85)57-25-16-42(29-38(57)4)68(8,9)43-17-26-58(39(5)30-43)81-63(86)51-23-19-47(34-55(51)66(81)89)90-46-18-22-48-54(33-46)60(83)78(10)59(48)82/h11-34H,1-10H3. The van der Waals surface area contributed by atoms with Crippen LogP contribution in [0, 0.1) is 34.6 Å². The summed E-state index contributed by atoms with van der Waals surface area (Å²) in [7, 11) is 1.37. The van der Waals surface area contributed by atoms with Crippen LogP contribution in [-0.4, -0.2) is 71.6 Å². The molecule has 4 aliphatic rings. The van der Waals surface area contributed by atoms with Gasteiger partial charge in [-0.15, -0.1) is 0 Å². The summed E-state index contributed by atoms with van der Waals surface area (Å²) < 4.78 is 101. The molecule has 13 nitrogen and oxygen atoms in total. The third-order valence-corrected chi connectivity index (χ3v) is 18.4. The number of alkyl halides is 6. The van der Waals surface area contributed by atoms with E-state index < -0.39 is 109 Å². The number of carbonyl (C=O) groups is 8. The second kappa shape index (κ2) is 20.4. The summed E-state index contributed by atoms with van der Waals surface area (Å²) in [6.45, 7) is 16.7. The Kier molecular flexibility index (Phi) is 13.6. The summed E-state index contributed by atoms with van der Waals surface area (Å²) in [4.78, 5) is 113. The van der Waals surface area contributed by atoms with Gasteiger partial charge < -0.3 is 4.74 Å². The minimum absolute atomic E-state index is 0.00101. The van der Waals surface area contributed by atoms with E-state index in [1.807, 2.05) is 53.7 Å². The summed E-state index contributed by atoms with van der Waals surface area (Å²) >= 11 is 0. The number of halogens is 6. The first-order valence-electron chi connectivity index (χ1n) is 28.5. The van der Waals surface area contributed by atoms with E-state index in [-0.39, 0.29) is 45.1 Å². The Bertz CT molecular complexity index is 4600. The lowest BCUT2D eigenvalue weighted by molar-refractivity contribution is -0.288. The van der Waals surface area contributed by atoms with Gasteiger partial charge in [0.2, 0.25) is 5.41 Å². The molecule has 454 valence electrons. The molecule has 0 aromatic heterocycles. The summed E-state index contributed by atoms with van der Waals surface area (Å²) in [6.07, 6.45) is -12.4. The Labute approximate surface area is 512 Å². The minimum Gasteiger partial charge on any atom is -0.457 e. The van der Waals surface area contributed by atoms with Crippen LogP contribution in [0.1, 0.15) is 172 Å². The molecule has 4 aliphatic heterocycles. The van der Waals surface area contributed by atoms with Crippen LogP contribution in [0.3, 0.4) is 0 Å². The van der Waals surface area contributed by atoms with Gasteiger partial charge in [-0.3, -0.25) is 43.3 Å². The lowest BCUT2D eigenvalue weighted by Crippen LogP contribution is -2.55. The van der Waals surface area contributed by atoms with Crippen molar-refractivity contribution < 1.29 is 69.4 Å². The quantitative estimate of drug-likeness (QED) is 0.0907. The van der Waals surface area contributed by atoms with Gasteiger partial charge in [-0.05, 0) is 175 Å². The van der Waals surface area contributed by atoms with Crippen molar-refractivity contribution in [3.63, 3.8) is 0 Å². The van der Waals surface area contributed by atoms with Crippen LogP contribution in [0.15, 0.2) is 146 Å². The van der Waals surface area contributed by atoms with Gasteiger partial charge in [0.1, 0.15) is 11.5 Å². The van der Waals surface area contributed by atoms with Gasteiger partial charge in [0.05, 0.1) is 61.6 Å². The highest BCUT2D eigenvalue weighted by Gasteiger charge is 2.73. The lowest BCUT2D eigenvalue weighted by atomic mass is 9.71. The molecule has 0 spiro atoms. The van der Waals surface area contributed by atoms with E-state index in [1.165, 1.54) is 55.6 Å². The first kappa shape index (κ1) is 60.0. The van der Waals surface area contributed by atoms with Crippen LogP contribution < -0.4 is 19.4 Å². The van der Waals surface area contributed by atoms with E-state index in [1.54, 1.807) is 63.2 Å². The van der Waals surface area contributed by atoms with Crippen LogP contribution in [0.4, 0.5) is 43.4 Å². The normalized spacial score (nSPS) is 15.2. The minimum atomic E-state index is -6.19. The van der Waals surface area contributed by atoms with Gasteiger partial charge in [0.25, 0.3) is 47.3 Å². The molecule has 8 aromatic carbocycles. The van der Waals surface area contributed by atoms with Crippen molar-refractivity contribution in [3.8, 4) is 11.5 Å². The summed E-state index contributed by atoms with van der Waals surface area (Å²) in [6, 6.07) is 33.1. The number of carbonyl (C=O) groups excluding carboxylic acids is 8. The highest BCUT2D eigenvalue weighted by molar-refractivity contribution is 6.36. The maximum atomic E-state index is 15.9. The van der Waals surface area contributed by atoms with E-state index in [9.17, 15) is 38.4 Å². The number of imide groups is 4. The lowest BCUT2D eigenvalue weighted by Gasteiger charge is -2.38. The van der Waals surface area contributed by atoms with Gasteiger partial charge >= 0.3 is 12.4 Å². The molecule has 8 amide bonds. The summed E-state index contributed by atoms with van der Waals surface area (Å²) in [5.74, 6) is -6.00. The maximum absolute atomic E-state index is 15.9. The van der Waals surface area contributed by atoms with Gasteiger partial charge in [-0.2, -0.15) is 26.3 Å². The van der Waals surface area contributed by atoms with Crippen LogP contribution in [-0.2, 0) is 16.2 Å². The smallest absolute Gasteiger partial charge is 0.411 e. The first-order chi connectivity index (χ1) is 42.2. The zero-order valence-corrected chi connectivity index (χ0v) is 50.1. The molecular weight excluding hydrogens is 1170 g/mol. The highest BCUT2D eigenvalue weighted by atomic mass is 19.4. The molecule has 90 heavy (non-hydrogen) atoms. The summed E-state index contributed by atoms with van der Waals surface area (Å²) in [5, 5.41) is 0. The average Bonchev–Trinajstić information content (AvgIpc) is 1.11. The van der Waals surface area contributed by atoms with Crippen molar-refractivity contribution >= 4 is 64.3 Å². The van der Waals surface area contributed by atoms with Crippen LogP contribution in [0.5, 0.6) is 11.5 Å². The number of aryl methyl sites for hydroxylation is 5. The molecule has 0 unspecified atom stereocenters. The molecule has 0 radical (unpaired) electrons. The van der Waals surface area contributed by atoms with Crippen LogP contribution in [0.2, 0.25) is 0 Å². The van der Waals surface area contributed by atoms with E-state index in [0.717, 1.165) is 49.1 Å². The van der Waals surface area contributed by atoms with Crippen molar-refractivity contribution in [1.82, 2.24) is 4.90 Å². The Hall–Kier alpha value is -10.3. The second-order valence-corrected chi connectivity index (χ2v) is 24.3. The van der Waals surface area contributed by atoms with Crippen molar-refractivity contribution in [2.45, 2.75) is 90.9 Å². The molecule has 12 rings (SSSR count). The SMILES string of the molecule is Cc1ccc(C(C)(C)c2ccc(N3C(=O)c4ccc(C(c5ccc6c(c5)C(=O)N(c5ccc(C(C)(C)c7ccc(N8C(=O)c9ccc(Oc%10ccc%11c(c%10)C(=O)N(C)C%11=O)cc9C8=O)c(C)c7)cc5C)C6=O)(C(F)(F)F)C(F)(F)F)cc4C3=O)c(C)c2)cc1C. The monoisotopic (exact) mass is 1220 g/mol. The zero-order valence-electron chi connectivity index (χ0n) is 50.1. The van der Waals surface area contributed by atoms with Crippen molar-refractivity contribution in [1.29, 1.82) is 0 Å². The third-order valence-electron chi connectivity index (χ3n) is 18.4. The summed E-state index contributed by atoms with van der Waals surface area (Å²) in [5.41, 5.74) is -3.91.